The van der Waals surface area contributed by atoms with Crippen molar-refractivity contribution in [3.8, 4) is 5.75 Å². The Labute approximate surface area is 90.4 Å². The molecule has 5 heteroatoms. The van der Waals surface area contributed by atoms with E-state index in [4.69, 9.17) is 4.74 Å². The second-order valence-electron chi connectivity index (χ2n) is 3.22. The van der Waals surface area contributed by atoms with E-state index < -0.39 is 6.10 Å². The molecule has 0 amide bonds. The average molecular weight is 259 g/mol. The van der Waals surface area contributed by atoms with Crippen molar-refractivity contribution in [2.75, 3.05) is 13.1 Å². The van der Waals surface area contributed by atoms with Crippen LogP contribution in [0.3, 0.4) is 0 Å². The van der Waals surface area contributed by atoms with Crippen LogP contribution in [-0.4, -0.2) is 35.4 Å². The number of pyridine rings is 1. The maximum absolute atomic E-state index is 9.50. The lowest BCUT2D eigenvalue weighted by atomic mass is 10.2. The Kier molecular flexibility index (Phi) is 3.00. The molecule has 1 aromatic rings. The van der Waals surface area contributed by atoms with Crippen molar-refractivity contribution in [1.82, 2.24) is 10.3 Å². The normalized spacial score (nSPS) is 26.4. The van der Waals surface area contributed by atoms with Gasteiger partial charge in [0.25, 0.3) is 0 Å². The van der Waals surface area contributed by atoms with Crippen molar-refractivity contribution < 1.29 is 9.84 Å². The van der Waals surface area contributed by atoms with Gasteiger partial charge in [-0.3, -0.25) is 4.98 Å². The number of β-amino-alcohol motifs (C(OH)–C–C–N with tert-alkyl or cyclic N) is 1. The molecule has 1 saturated heterocycles. The van der Waals surface area contributed by atoms with Crippen LogP contribution < -0.4 is 10.1 Å². The third-order valence-electron chi connectivity index (χ3n) is 2.10. The molecular weight excluding hydrogens is 248 g/mol. The molecule has 1 aliphatic heterocycles. The fourth-order valence-corrected chi connectivity index (χ4v) is 1.74. The minimum atomic E-state index is -0.436. The van der Waals surface area contributed by atoms with Crippen LogP contribution in [0.25, 0.3) is 0 Å². The first-order chi connectivity index (χ1) is 6.75. The standard InChI is InChI=1S/C9H11BrN2O2/c10-6-1-7(3-11-2-6)14-9-5-12-4-8(9)13/h1-3,8-9,12-13H,4-5H2. The number of aliphatic hydroxyl groups excluding tert-OH is 1. The molecule has 2 atom stereocenters. The van der Waals surface area contributed by atoms with Crippen LogP contribution in [0.4, 0.5) is 0 Å². The van der Waals surface area contributed by atoms with Crippen molar-refractivity contribution in [2.45, 2.75) is 12.2 Å². The number of nitrogens with zero attached hydrogens (tertiary/aromatic N) is 1. The summed E-state index contributed by atoms with van der Waals surface area (Å²) in [4.78, 5) is 3.98. The van der Waals surface area contributed by atoms with E-state index in [0.29, 0.717) is 18.8 Å². The molecule has 0 bridgehead atoms. The molecule has 2 heterocycles. The van der Waals surface area contributed by atoms with E-state index in [2.05, 4.69) is 26.2 Å². The lowest BCUT2D eigenvalue weighted by Gasteiger charge is -2.15. The zero-order chi connectivity index (χ0) is 9.97. The summed E-state index contributed by atoms with van der Waals surface area (Å²) in [6, 6.07) is 1.83. The second-order valence-corrected chi connectivity index (χ2v) is 4.14. The van der Waals surface area contributed by atoms with Crippen LogP contribution in [0.2, 0.25) is 0 Å². The predicted molar refractivity (Wildman–Crippen MR) is 55.2 cm³/mol. The van der Waals surface area contributed by atoms with Gasteiger partial charge in [0.15, 0.2) is 0 Å². The molecule has 1 aromatic heterocycles. The highest BCUT2D eigenvalue weighted by Gasteiger charge is 2.26. The molecule has 0 radical (unpaired) electrons. The molecule has 2 unspecified atom stereocenters. The van der Waals surface area contributed by atoms with Gasteiger partial charge in [0.2, 0.25) is 0 Å². The number of halogens is 1. The molecule has 14 heavy (non-hydrogen) atoms. The van der Waals surface area contributed by atoms with Crippen molar-refractivity contribution in [3.05, 3.63) is 22.9 Å². The average Bonchev–Trinajstić information content (AvgIpc) is 2.52. The van der Waals surface area contributed by atoms with Gasteiger partial charge in [-0.05, 0) is 22.0 Å². The number of hydrogen-bond acceptors (Lipinski definition) is 4. The summed E-state index contributed by atoms with van der Waals surface area (Å²) < 4.78 is 6.43. The van der Waals surface area contributed by atoms with E-state index in [0.717, 1.165) is 4.47 Å². The topological polar surface area (TPSA) is 54.4 Å². The number of aliphatic hydroxyl groups is 1. The zero-order valence-electron chi connectivity index (χ0n) is 7.48. The van der Waals surface area contributed by atoms with Gasteiger partial charge in [0.05, 0.1) is 6.20 Å². The van der Waals surface area contributed by atoms with Crippen LogP contribution in [-0.2, 0) is 0 Å². The first kappa shape index (κ1) is 9.89. The van der Waals surface area contributed by atoms with Crippen molar-refractivity contribution >= 4 is 15.9 Å². The number of rotatable bonds is 2. The van der Waals surface area contributed by atoms with Gasteiger partial charge in [-0.25, -0.2) is 0 Å². The molecule has 0 spiro atoms. The minimum absolute atomic E-state index is 0.175. The first-order valence-electron chi connectivity index (χ1n) is 4.42. The van der Waals surface area contributed by atoms with E-state index in [9.17, 15) is 5.11 Å². The van der Waals surface area contributed by atoms with Crippen LogP contribution in [0, 0.1) is 0 Å². The Morgan fingerprint density at radius 1 is 1.50 bits per heavy atom. The van der Waals surface area contributed by atoms with Gasteiger partial charge in [-0.15, -0.1) is 0 Å². The van der Waals surface area contributed by atoms with Crippen molar-refractivity contribution in [1.29, 1.82) is 0 Å². The SMILES string of the molecule is OC1CNCC1Oc1cncc(Br)c1. The largest absolute Gasteiger partial charge is 0.485 e. The molecule has 1 fully saturated rings. The zero-order valence-corrected chi connectivity index (χ0v) is 9.07. The van der Waals surface area contributed by atoms with E-state index in [1.807, 2.05) is 6.07 Å². The molecule has 2 N–H and O–H groups in total. The summed E-state index contributed by atoms with van der Waals surface area (Å²) in [5, 5.41) is 12.5. The fraction of sp³-hybridized carbons (Fsp3) is 0.444. The number of ether oxygens (including phenoxy) is 1. The van der Waals surface area contributed by atoms with Crippen molar-refractivity contribution in [3.63, 3.8) is 0 Å². The van der Waals surface area contributed by atoms with Crippen molar-refractivity contribution in [2.24, 2.45) is 0 Å². The molecular formula is C9H11BrN2O2. The highest BCUT2D eigenvalue weighted by atomic mass is 79.9. The monoisotopic (exact) mass is 258 g/mol. The second kappa shape index (κ2) is 4.25. The van der Waals surface area contributed by atoms with Gasteiger partial charge in [0.1, 0.15) is 18.0 Å². The van der Waals surface area contributed by atoms with Crippen LogP contribution >= 0.6 is 15.9 Å². The minimum Gasteiger partial charge on any atom is -0.485 e. The summed E-state index contributed by atoms with van der Waals surface area (Å²) in [7, 11) is 0. The third-order valence-corrected chi connectivity index (χ3v) is 2.53. The summed E-state index contributed by atoms with van der Waals surface area (Å²) in [5.74, 6) is 0.673. The first-order valence-corrected chi connectivity index (χ1v) is 5.21. The smallest absolute Gasteiger partial charge is 0.139 e. The summed E-state index contributed by atoms with van der Waals surface area (Å²) in [6.45, 7) is 1.26. The van der Waals surface area contributed by atoms with Crippen LogP contribution in [0.15, 0.2) is 22.9 Å². The summed E-state index contributed by atoms with van der Waals surface area (Å²) >= 11 is 3.31. The quantitative estimate of drug-likeness (QED) is 0.814. The van der Waals surface area contributed by atoms with Gasteiger partial charge in [-0.2, -0.15) is 0 Å². The highest BCUT2D eigenvalue weighted by molar-refractivity contribution is 9.10. The maximum Gasteiger partial charge on any atom is 0.139 e. The highest BCUT2D eigenvalue weighted by Crippen LogP contribution is 2.18. The summed E-state index contributed by atoms with van der Waals surface area (Å²) in [5.41, 5.74) is 0. The maximum atomic E-state index is 9.50. The molecule has 0 saturated carbocycles. The Hall–Kier alpha value is -0.650. The fourth-order valence-electron chi connectivity index (χ4n) is 1.39. The van der Waals surface area contributed by atoms with Gasteiger partial charge in [0, 0.05) is 23.8 Å². The summed E-state index contributed by atoms with van der Waals surface area (Å²) in [6.07, 6.45) is 2.71. The number of nitrogens with one attached hydrogen (secondary N) is 1. The Bertz CT molecular complexity index is 321. The van der Waals surface area contributed by atoms with E-state index in [1.165, 1.54) is 0 Å². The number of hydrogen-bond donors (Lipinski definition) is 2. The molecule has 2 rings (SSSR count). The Balaban J connectivity index is 2.03. The Morgan fingerprint density at radius 2 is 2.36 bits per heavy atom. The van der Waals surface area contributed by atoms with E-state index in [-0.39, 0.29) is 6.10 Å². The lowest BCUT2D eigenvalue weighted by Crippen LogP contribution is -2.29. The van der Waals surface area contributed by atoms with E-state index >= 15 is 0 Å². The van der Waals surface area contributed by atoms with Gasteiger partial charge >= 0.3 is 0 Å². The third kappa shape index (κ3) is 2.23. The molecule has 1 aliphatic rings. The lowest BCUT2D eigenvalue weighted by molar-refractivity contribution is 0.0735. The molecule has 4 nitrogen and oxygen atoms in total. The van der Waals surface area contributed by atoms with Gasteiger partial charge in [-0.1, -0.05) is 0 Å². The number of aromatic nitrogens is 1. The predicted octanol–water partition coefficient (Wildman–Crippen LogP) is 0.556. The van der Waals surface area contributed by atoms with Crippen LogP contribution in [0.5, 0.6) is 5.75 Å². The van der Waals surface area contributed by atoms with Gasteiger partial charge < -0.3 is 15.2 Å². The van der Waals surface area contributed by atoms with Crippen LogP contribution in [0.1, 0.15) is 0 Å². The molecule has 76 valence electrons. The molecule has 0 aromatic carbocycles. The molecule has 0 aliphatic carbocycles. The van der Waals surface area contributed by atoms with E-state index in [1.54, 1.807) is 12.4 Å². The Morgan fingerprint density at radius 3 is 3.00 bits per heavy atom.